The first kappa shape index (κ1) is 46.6. The third kappa shape index (κ3) is 10.4. The van der Waals surface area contributed by atoms with Crippen LogP contribution in [-0.4, -0.2) is 79.6 Å². The van der Waals surface area contributed by atoms with Crippen LogP contribution in [0.15, 0.2) is 90.3 Å². The highest BCUT2D eigenvalue weighted by Gasteiger charge is 2.43. The topological polar surface area (TPSA) is 106 Å². The number of aliphatic hydroxyl groups is 1. The molecular formula is C50H68N4O7. The van der Waals surface area contributed by atoms with Crippen molar-refractivity contribution < 1.29 is 33.6 Å². The van der Waals surface area contributed by atoms with Crippen molar-refractivity contribution in [1.29, 1.82) is 0 Å². The van der Waals surface area contributed by atoms with Gasteiger partial charge in [0, 0.05) is 53.3 Å². The maximum atomic E-state index is 13.5. The molecule has 4 aliphatic rings. The number of fused-ring (bicyclic) bond motifs is 4. The van der Waals surface area contributed by atoms with Crippen LogP contribution in [0.2, 0.25) is 0 Å². The second-order valence-electron chi connectivity index (χ2n) is 17.2. The summed E-state index contributed by atoms with van der Waals surface area (Å²) < 4.78 is 30.0. The van der Waals surface area contributed by atoms with Crippen molar-refractivity contribution in [2.75, 3.05) is 38.9 Å². The van der Waals surface area contributed by atoms with E-state index in [4.69, 9.17) is 28.7 Å². The van der Waals surface area contributed by atoms with E-state index in [0.717, 1.165) is 48.2 Å². The molecule has 1 amide bonds. The SMILES string of the molecule is C=C1c2cc(OC)c(OCC(C)(C)CCC(C)(C)CCOc3cc4c(cc3OC)C(=C)N3C=C(/C=C/C)CC3C(O)N4C(=O)OCC)cc2N=CC2CC(/C=C/C)=CN12.CC. The fourth-order valence-electron chi connectivity index (χ4n) is 8.07. The van der Waals surface area contributed by atoms with E-state index in [0.29, 0.717) is 59.6 Å². The third-order valence-electron chi connectivity index (χ3n) is 11.6. The first-order valence-electron chi connectivity index (χ1n) is 21.6. The van der Waals surface area contributed by atoms with E-state index in [2.05, 4.69) is 64.1 Å². The summed E-state index contributed by atoms with van der Waals surface area (Å²) in [4.78, 5) is 23.8. The molecule has 0 saturated carbocycles. The fourth-order valence-corrected chi connectivity index (χ4v) is 8.07. The van der Waals surface area contributed by atoms with Gasteiger partial charge in [0.2, 0.25) is 0 Å². The minimum absolute atomic E-state index is 0.0647. The molecule has 1 N–H and O–H groups in total. The highest BCUT2D eigenvalue weighted by molar-refractivity contribution is 5.94. The van der Waals surface area contributed by atoms with E-state index in [1.54, 1.807) is 27.2 Å². The van der Waals surface area contributed by atoms with Gasteiger partial charge in [-0.15, -0.1) is 0 Å². The normalized spacial score (nSPS) is 19.6. The van der Waals surface area contributed by atoms with E-state index < -0.39 is 18.4 Å². The number of hydrogen-bond donors (Lipinski definition) is 1. The number of methoxy groups -OCH3 is 2. The number of amides is 1. The molecule has 11 heteroatoms. The Morgan fingerprint density at radius 1 is 0.820 bits per heavy atom. The summed E-state index contributed by atoms with van der Waals surface area (Å²) in [6, 6.07) is 7.21. The van der Waals surface area contributed by atoms with Gasteiger partial charge >= 0.3 is 6.09 Å². The number of hydrogen-bond acceptors (Lipinski definition) is 10. The molecule has 330 valence electrons. The molecule has 11 nitrogen and oxygen atoms in total. The molecule has 3 atom stereocenters. The van der Waals surface area contributed by atoms with Crippen LogP contribution in [0.25, 0.3) is 11.4 Å². The van der Waals surface area contributed by atoms with E-state index >= 15 is 0 Å². The lowest BCUT2D eigenvalue weighted by atomic mass is 9.78. The van der Waals surface area contributed by atoms with Gasteiger partial charge in [0.05, 0.1) is 57.5 Å². The summed E-state index contributed by atoms with van der Waals surface area (Å²) in [6.07, 6.45) is 16.5. The lowest BCUT2D eigenvalue weighted by Crippen LogP contribution is -2.49. The monoisotopic (exact) mass is 837 g/mol. The number of anilines is 1. The molecule has 0 aromatic heterocycles. The smallest absolute Gasteiger partial charge is 0.416 e. The fraction of sp³-hybridized carbons (Fsp3) is 0.480. The largest absolute Gasteiger partial charge is 0.493 e. The molecule has 0 bridgehead atoms. The highest BCUT2D eigenvalue weighted by atomic mass is 16.6. The van der Waals surface area contributed by atoms with Gasteiger partial charge in [-0.1, -0.05) is 79.0 Å². The Balaban J connectivity index is 0.00000347. The Morgan fingerprint density at radius 3 is 2.05 bits per heavy atom. The third-order valence-corrected chi connectivity index (χ3v) is 11.6. The Labute approximate surface area is 364 Å². The first-order valence-corrected chi connectivity index (χ1v) is 21.6. The number of ether oxygens (including phenoxy) is 5. The summed E-state index contributed by atoms with van der Waals surface area (Å²) >= 11 is 0. The lowest BCUT2D eigenvalue weighted by Gasteiger charge is -2.32. The summed E-state index contributed by atoms with van der Waals surface area (Å²) in [5.41, 5.74) is 6.44. The molecular weight excluding hydrogens is 769 g/mol. The van der Waals surface area contributed by atoms with E-state index in [1.165, 1.54) is 10.5 Å². The Hall–Kier alpha value is -5.42. The Kier molecular flexibility index (Phi) is 15.3. The maximum absolute atomic E-state index is 13.5. The van der Waals surface area contributed by atoms with Gasteiger partial charge in [-0.3, -0.25) is 4.99 Å². The summed E-state index contributed by atoms with van der Waals surface area (Å²) in [6.45, 7) is 28.5. The van der Waals surface area contributed by atoms with E-state index in [1.807, 2.05) is 75.4 Å². The second-order valence-corrected chi connectivity index (χ2v) is 17.2. The summed E-state index contributed by atoms with van der Waals surface area (Å²) in [5.74, 6) is 2.28. The zero-order valence-corrected chi connectivity index (χ0v) is 38.3. The number of allylic oxidation sites excluding steroid dienone is 4. The van der Waals surface area contributed by atoms with Gasteiger partial charge in [-0.05, 0) is 87.0 Å². The molecule has 0 fully saturated rings. The van der Waals surface area contributed by atoms with Crippen LogP contribution in [0.4, 0.5) is 16.2 Å². The number of aliphatic imine (C=N–C) groups is 1. The van der Waals surface area contributed by atoms with Crippen LogP contribution in [-0.2, 0) is 4.74 Å². The number of aliphatic hydroxyl groups excluding tert-OH is 1. The van der Waals surface area contributed by atoms with Crippen molar-refractivity contribution >= 4 is 35.1 Å². The van der Waals surface area contributed by atoms with Gasteiger partial charge in [0.15, 0.2) is 29.2 Å². The molecule has 4 heterocycles. The summed E-state index contributed by atoms with van der Waals surface area (Å²) in [7, 11) is 3.25. The number of rotatable bonds is 15. The maximum Gasteiger partial charge on any atom is 0.416 e. The zero-order valence-electron chi connectivity index (χ0n) is 38.3. The average molecular weight is 837 g/mol. The highest BCUT2D eigenvalue weighted by Crippen LogP contribution is 2.47. The minimum atomic E-state index is -1.20. The minimum Gasteiger partial charge on any atom is -0.493 e. The predicted molar refractivity (Wildman–Crippen MR) is 248 cm³/mol. The molecule has 0 aliphatic carbocycles. The zero-order chi connectivity index (χ0) is 44.6. The van der Waals surface area contributed by atoms with Crippen LogP contribution < -0.4 is 23.8 Å². The van der Waals surface area contributed by atoms with Crippen molar-refractivity contribution in [3.63, 3.8) is 0 Å². The molecule has 0 saturated heterocycles. The first-order chi connectivity index (χ1) is 29.1. The van der Waals surface area contributed by atoms with Crippen LogP contribution in [0.1, 0.15) is 106 Å². The molecule has 0 spiro atoms. The number of carbonyl (C=O) groups is 1. The van der Waals surface area contributed by atoms with Gasteiger partial charge in [-0.25, -0.2) is 9.69 Å². The quantitative estimate of drug-likeness (QED) is 0.188. The molecule has 4 aliphatic heterocycles. The van der Waals surface area contributed by atoms with E-state index in [9.17, 15) is 9.90 Å². The molecule has 0 radical (unpaired) electrons. The lowest BCUT2D eigenvalue weighted by molar-refractivity contribution is 0.0886. The van der Waals surface area contributed by atoms with Gasteiger partial charge in [0.1, 0.15) is 0 Å². The van der Waals surface area contributed by atoms with Crippen LogP contribution >= 0.6 is 0 Å². The molecule has 3 unspecified atom stereocenters. The van der Waals surface area contributed by atoms with Crippen molar-refractivity contribution in [3.05, 3.63) is 96.4 Å². The summed E-state index contributed by atoms with van der Waals surface area (Å²) in [5, 5.41) is 11.7. The van der Waals surface area contributed by atoms with Gasteiger partial charge < -0.3 is 38.6 Å². The molecule has 2 aromatic carbocycles. The average Bonchev–Trinajstić information content (AvgIpc) is 3.81. The predicted octanol–water partition coefficient (Wildman–Crippen LogP) is 11.4. The second kappa shape index (κ2) is 20.0. The molecule has 61 heavy (non-hydrogen) atoms. The Bertz CT molecular complexity index is 2090. The molecule has 6 rings (SSSR count). The van der Waals surface area contributed by atoms with Crippen molar-refractivity contribution in [1.82, 2.24) is 9.80 Å². The molecule has 2 aromatic rings. The van der Waals surface area contributed by atoms with Crippen LogP contribution in [0.3, 0.4) is 0 Å². The number of carbonyl (C=O) groups excluding carboxylic acids is 1. The van der Waals surface area contributed by atoms with Crippen molar-refractivity contribution in [2.45, 2.75) is 113 Å². The van der Waals surface area contributed by atoms with Gasteiger partial charge in [-0.2, -0.15) is 0 Å². The van der Waals surface area contributed by atoms with Crippen LogP contribution in [0.5, 0.6) is 23.0 Å². The Morgan fingerprint density at radius 2 is 1.41 bits per heavy atom. The standard InChI is InChI=1S/C48H62N4O7.C2H6/c1-12-15-33-21-35-27-49-38-25-43(41(55-10)23-36(38)31(4)50(35)28-33)59-30-48(8,9)18-17-47(6,7)19-20-58-44-26-39-37(24-42(44)56-11)32(5)51-29-34(16-13-2)22-40(51)45(53)52(39)46(54)57-14-3;1-2/h12-13,15-16,23-29,35,40,45,53H,4-5,14,17-22,30H2,1-3,6-11H3;1-2H3/b15-12+,16-13+;. The van der Waals surface area contributed by atoms with Crippen molar-refractivity contribution in [2.24, 2.45) is 15.8 Å². The van der Waals surface area contributed by atoms with E-state index in [-0.39, 0.29) is 23.5 Å². The number of nitrogens with zero attached hydrogens (tertiary/aromatic N) is 4. The van der Waals surface area contributed by atoms with Crippen LogP contribution in [0, 0.1) is 10.8 Å². The van der Waals surface area contributed by atoms with Gasteiger partial charge in [0.25, 0.3) is 0 Å². The van der Waals surface area contributed by atoms with Crippen molar-refractivity contribution in [3.8, 4) is 23.0 Å². The number of benzene rings is 2.